The molecule has 2 atom stereocenters. The minimum atomic E-state index is -0.0770. The molecule has 0 unspecified atom stereocenters. The molecule has 120 valence electrons. The fourth-order valence-electron chi connectivity index (χ4n) is 3.50. The number of morpholine rings is 1. The van der Waals surface area contributed by atoms with Crippen molar-refractivity contribution in [1.82, 2.24) is 9.80 Å². The third kappa shape index (κ3) is 3.57. The summed E-state index contributed by atoms with van der Waals surface area (Å²) in [5.74, 6) is 0.274. The predicted molar refractivity (Wildman–Crippen MR) is 81.2 cm³/mol. The molecule has 5 heteroatoms. The maximum atomic E-state index is 12.8. The van der Waals surface area contributed by atoms with Crippen LogP contribution in [0.15, 0.2) is 0 Å². The van der Waals surface area contributed by atoms with Crippen LogP contribution in [0.2, 0.25) is 0 Å². The Kier molecular flexibility index (Phi) is 5.62. The first-order valence-corrected chi connectivity index (χ1v) is 8.24. The van der Waals surface area contributed by atoms with Gasteiger partial charge in [-0.25, -0.2) is 4.79 Å². The van der Waals surface area contributed by atoms with Crippen LogP contribution < -0.4 is 0 Å². The Morgan fingerprint density at radius 2 is 2.19 bits per heavy atom. The molecule has 0 spiro atoms. The third-order valence-electron chi connectivity index (χ3n) is 4.69. The van der Waals surface area contributed by atoms with Crippen molar-refractivity contribution in [2.75, 3.05) is 26.3 Å². The second kappa shape index (κ2) is 7.25. The summed E-state index contributed by atoms with van der Waals surface area (Å²) in [5, 5.41) is 0. The van der Waals surface area contributed by atoms with Crippen molar-refractivity contribution in [2.24, 2.45) is 5.92 Å². The number of nitrogens with zero attached hydrogens (tertiary/aromatic N) is 2. The van der Waals surface area contributed by atoms with Crippen molar-refractivity contribution >= 4 is 11.8 Å². The number of hydrogen-bond acceptors (Lipinski definition) is 3. The highest BCUT2D eigenvalue weighted by atomic mass is 16.5. The molecule has 1 heterocycles. The monoisotopic (exact) mass is 296 g/mol. The molecule has 0 aromatic carbocycles. The van der Waals surface area contributed by atoms with Gasteiger partial charge in [0, 0.05) is 31.5 Å². The molecule has 2 fully saturated rings. The minimum absolute atomic E-state index is 0.0335. The summed E-state index contributed by atoms with van der Waals surface area (Å²) >= 11 is 0. The van der Waals surface area contributed by atoms with Crippen LogP contribution in [0, 0.1) is 5.92 Å². The van der Waals surface area contributed by atoms with Gasteiger partial charge in [-0.3, -0.25) is 4.79 Å². The highest BCUT2D eigenvalue weighted by molar-refractivity contribution is 5.83. The van der Waals surface area contributed by atoms with Crippen LogP contribution >= 0.6 is 0 Å². The highest BCUT2D eigenvalue weighted by Crippen LogP contribution is 2.28. The van der Waals surface area contributed by atoms with Crippen LogP contribution in [-0.2, 0) is 9.53 Å². The van der Waals surface area contributed by atoms with Gasteiger partial charge in [-0.2, -0.15) is 0 Å². The number of carbonyl (C=O) groups excluding carboxylic acids is 2. The quantitative estimate of drug-likeness (QED) is 0.803. The standard InChI is InChI=1S/C16H28N2O3/c1-4-17(12(2)3)16(20)18-9-10-21-11-14(18)13-7-5-6-8-15(13)19/h12-14H,4-11H2,1-3H3/t13-,14-/m1/s1. The van der Waals surface area contributed by atoms with E-state index in [1.165, 1.54) is 0 Å². The number of ketones is 1. The van der Waals surface area contributed by atoms with E-state index in [-0.39, 0.29) is 24.0 Å². The average Bonchev–Trinajstić information content (AvgIpc) is 2.48. The van der Waals surface area contributed by atoms with Crippen LogP contribution in [0.1, 0.15) is 46.5 Å². The zero-order valence-corrected chi connectivity index (χ0v) is 13.5. The zero-order valence-electron chi connectivity index (χ0n) is 13.5. The van der Waals surface area contributed by atoms with Crippen LogP contribution in [0.3, 0.4) is 0 Å². The summed E-state index contributed by atoms with van der Waals surface area (Å²) in [4.78, 5) is 28.8. The Balaban J connectivity index is 2.14. The Labute approximate surface area is 127 Å². The predicted octanol–water partition coefficient (Wildman–Crippen LogP) is 2.30. The molecule has 21 heavy (non-hydrogen) atoms. The summed E-state index contributed by atoms with van der Waals surface area (Å²) in [6.07, 6.45) is 3.62. The second-order valence-corrected chi connectivity index (χ2v) is 6.32. The Bertz CT molecular complexity index is 384. The fourth-order valence-corrected chi connectivity index (χ4v) is 3.50. The van der Waals surface area contributed by atoms with Gasteiger partial charge >= 0.3 is 6.03 Å². The van der Waals surface area contributed by atoms with Gasteiger partial charge in [0.2, 0.25) is 0 Å². The van der Waals surface area contributed by atoms with Crippen LogP contribution in [0.5, 0.6) is 0 Å². The van der Waals surface area contributed by atoms with E-state index in [4.69, 9.17) is 4.74 Å². The summed E-state index contributed by atoms with van der Waals surface area (Å²) < 4.78 is 5.57. The van der Waals surface area contributed by atoms with Gasteiger partial charge in [0.1, 0.15) is 5.78 Å². The molecule has 0 N–H and O–H groups in total. The topological polar surface area (TPSA) is 49.9 Å². The van der Waals surface area contributed by atoms with E-state index >= 15 is 0 Å². The lowest BCUT2D eigenvalue weighted by molar-refractivity contribution is -0.129. The smallest absolute Gasteiger partial charge is 0.320 e. The Hall–Kier alpha value is -1.10. The third-order valence-corrected chi connectivity index (χ3v) is 4.69. The second-order valence-electron chi connectivity index (χ2n) is 6.32. The molecule has 0 bridgehead atoms. The van der Waals surface area contributed by atoms with Crippen molar-refractivity contribution in [3.05, 3.63) is 0 Å². The van der Waals surface area contributed by atoms with Gasteiger partial charge in [0.15, 0.2) is 0 Å². The SMILES string of the molecule is CCN(C(=O)N1CCOC[C@@H]1[C@H]1CCCCC1=O)C(C)C. The van der Waals surface area contributed by atoms with Gasteiger partial charge < -0.3 is 14.5 Å². The van der Waals surface area contributed by atoms with Gasteiger partial charge in [-0.15, -0.1) is 0 Å². The first kappa shape index (κ1) is 16.3. The molecule has 5 nitrogen and oxygen atoms in total. The van der Waals surface area contributed by atoms with Crippen LogP contribution in [0.25, 0.3) is 0 Å². The first-order chi connectivity index (χ1) is 10.1. The highest BCUT2D eigenvalue weighted by Gasteiger charge is 2.39. The Morgan fingerprint density at radius 3 is 2.81 bits per heavy atom. The van der Waals surface area contributed by atoms with Crippen molar-refractivity contribution in [3.63, 3.8) is 0 Å². The lowest BCUT2D eigenvalue weighted by Crippen LogP contribution is -2.58. The summed E-state index contributed by atoms with van der Waals surface area (Å²) in [7, 11) is 0. The maximum absolute atomic E-state index is 12.8. The molecular weight excluding hydrogens is 268 g/mol. The van der Waals surface area contributed by atoms with E-state index in [0.29, 0.717) is 38.5 Å². The number of Topliss-reactive ketones (excluding diaryl/α,β-unsaturated/α-hetero) is 1. The molecule has 1 saturated heterocycles. The van der Waals surface area contributed by atoms with Gasteiger partial charge in [0.05, 0.1) is 19.3 Å². The molecule has 0 radical (unpaired) electrons. The Morgan fingerprint density at radius 1 is 1.43 bits per heavy atom. The molecule has 2 aliphatic rings. The van der Waals surface area contributed by atoms with E-state index in [1.54, 1.807) is 0 Å². The molecule has 1 aliphatic carbocycles. The van der Waals surface area contributed by atoms with Gasteiger partial charge in [-0.1, -0.05) is 6.42 Å². The van der Waals surface area contributed by atoms with Crippen molar-refractivity contribution in [3.8, 4) is 0 Å². The normalized spacial score (nSPS) is 27.0. The number of carbonyl (C=O) groups is 2. The summed E-state index contributed by atoms with van der Waals surface area (Å²) in [6, 6.07) is 0.152. The van der Waals surface area contributed by atoms with Crippen molar-refractivity contribution < 1.29 is 14.3 Å². The zero-order chi connectivity index (χ0) is 15.4. The lowest BCUT2D eigenvalue weighted by Gasteiger charge is -2.43. The summed E-state index contributed by atoms with van der Waals surface area (Å²) in [6.45, 7) is 8.41. The van der Waals surface area contributed by atoms with E-state index in [2.05, 4.69) is 0 Å². The molecule has 0 aromatic heterocycles. The van der Waals surface area contributed by atoms with Gasteiger partial charge in [-0.05, 0) is 33.6 Å². The molecule has 0 aromatic rings. The number of ether oxygens (including phenoxy) is 1. The van der Waals surface area contributed by atoms with E-state index < -0.39 is 0 Å². The fraction of sp³-hybridized carbons (Fsp3) is 0.875. The maximum Gasteiger partial charge on any atom is 0.320 e. The molecule has 1 aliphatic heterocycles. The van der Waals surface area contributed by atoms with E-state index in [9.17, 15) is 9.59 Å². The number of hydrogen-bond donors (Lipinski definition) is 0. The molecular formula is C16H28N2O3. The molecule has 1 saturated carbocycles. The van der Waals surface area contributed by atoms with Crippen LogP contribution in [0.4, 0.5) is 4.79 Å². The number of urea groups is 1. The lowest BCUT2D eigenvalue weighted by atomic mass is 9.82. The van der Waals surface area contributed by atoms with Gasteiger partial charge in [0.25, 0.3) is 0 Å². The molecule has 2 amide bonds. The average molecular weight is 296 g/mol. The summed E-state index contributed by atoms with van der Waals surface area (Å²) in [5.41, 5.74) is 0. The van der Waals surface area contributed by atoms with Crippen molar-refractivity contribution in [1.29, 1.82) is 0 Å². The largest absolute Gasteiger partial charge is 0.377 e. The van der Waals surface area contributed by atoms with E-state index in [1.807, 2.05) is 30.6 Å². The minimum Gasteiger partial charge on any atom is -0.377 e. The van der Waals surface area contributed by atoms with Crippen LogP contribution in [-0.4, -0.2) is 60.0 Å². The first-order valence-electron chi connectivity index (χ1n) is 8.24. The van der Waals surface area contributed by atoms with Crippen molar-refractivity contribution in [2.45, 2.75) is 58.5 Å². The number of rotatable bonds is 3. The van der Waals surface area contributed by atoms with E-state index in [0.717, 1.165) is 19.3 Å². The molecule has 2 rings (SSSR count). The number of amides is 2.